The smallest absolute Gasteiger partial charge is 0.255 e. The third kappa shape index (κ3) is 5.94. The van der Waals surface area contributed by atoms with Crippen molar-refractivity contribution in [2.24, 2.45) is 13.0 Å². The number of tetrazole rings is 1. The van der Waals surface area contributed by atoms with Gasteiger partial charge in [-0.15, -0.1) is 5.10 Å². The van der Waals surface area contributed by atoms with Crippen LogP contribution in [0.2, 0.25) is 0 Å². The average molecular weight is 532 g/mol. The molecule has 4 aromatic rings. The molecule has 2 N–H and O–H groups in total. The number of nitrogens with one attached hydrogen (secondary N) is 1. The van der Waals surface area contributed by atoms with Crippen molar-refractivity contribution in [1.29, 1.82) is 0 Å². The number of hydrogen-bond donors (Lipinski definition) is 2. The Morgan fingerprint density at radius 1 is 1.03 bits per heavy atom. The number of benzene rings is 3. The first kappa shape index (κ1) is 26.1. The van der Waals surface area contributed by atoms with E-state index >= 15 is 0 Å². The lowest BCUT2D eigenvalue weighted by molar-refractivity contribution is -0.268. The van der Waals surface area contributed by atoms with E-state index in [0.717, 1.165) is 16.7 Å². The van der Waals surface area contributed by atoms with Crippen molar-refractivity contribution < 1.29 is 19.4 Å². The molecule has 0 aliphatic carbocycles. The first-order valence-electron chi connectivity index (χ1n) is 12.3. The number of nitrogens with zero attached hydrogens (tertiary/aromatic N) is 4. The number of aliphatic hydroxyl groups excluding tert-OH is 1. The van der Waals surface area contributed by atoms with Crippen molar-refractivity contribution in [3.8, 4) is 0 Å². The lowest BCUT2D eigenvalue weighted by Gasteiger charge is -2.41. The highest BCUT2D eigenvalue weighted by Gasteiger charge is 2.38. The molecule has 0 radical (unpaired) electrons. The molecule has 4 unspecified atom stereocenters. The number of carbonyl (C=O) groups excluding carboxylic acids is 1. The zero-order valence-electron chi connectivity index (χ0n) is 21.1. The Morgan fingerprint density at radius 2 is 1.82 bits per heavy atom. The van der Waals surface area contributed by atoms with E-state index in [9.17, 15) is 9.90 Å². The largest absolute Gasteiger partial charge is 0.392 e. The summed E-state index contributed by atoms with van der Waals surface area (Å²) in [5.41, 5.74) is 3.89. The Bertz CT molecular complexity index is 1370. The van der Waals surface area contributed by atoms with Crippen molar-refractivity contribution in [1.82, 2.24) is 20.2 Å². The van der Waals surface area contributed by atoms with E-state index in [1.165, 1.54) is 11.8 Å². The summed E-state index contributed by atoms with van der Waals surface area (Å²) in [5, 5.41) is 24.8. The van der Waals surface area contributed by atoms with Gasteiger partial charge in [0.25, 0.3) is 5.91 Å². The van der Waals surface area contributed by atoms with E-state index in [1.54, 1.807) is 23.9 Å². The molecular weight excluding hydrogens is 502 g/mol. The number of aromatic nitrogens is 4. The highest BCUT2D eigenvalue weighted by Crippen LogP contribution is 2.43. The van der Waals surface area contributed by atoms with Crippen LogP contribution in [0.5, 0.6) is 0 Å². The average Bonchev–Trinajstić information content (AvgIpc) is 3.37. The van der Waals surface area contributed by atoms with E-state index in [2.05, 4.69) is 27.8 Å². The molecule has 3 aromatic carbocycles. The van der Waals surface area contributed by atoms with Crippen LogP contribution in [0.15, 0.2) is 84.0 Å². The van der Waals surface area contributed by atoms with Crippen LogP contribution in [-0.2, 0) is 23.1 Å². The van der Waals surface area contributed by atoms with Crippen molar-refractivity contribution in [3.63, 3.8) is 0 Å². The van der Waals surface area contributed by atoms with Crippen molar-refractivity contribution in [3.05, 3.63) is 101 Å². The fourth-order valence-corrected chi connectivity index (χ4v) is 5.38. The molecule has 1 amide bonds. The van der Waals surface area contributed by atoms with Gasteiger partial charge in [0.1, 0.15) is 0 Å². The van der Waals surface area contributed by atoms with Crippen LogP contribution in [0, 0.1) is 5.92 Å². The number of thioether (sulfide) groups is 1. The Balaban J connectivity index is 1.39. The molecular formula is C28H29N5O4S. The van der Waals surface area contributed by atoms with E-state index in [1.807, 2.05) is 66.7 Å². The van der Waals surface area contributed by atoms with Gasteiger partial charge in [0, 0.05) is 35.5 Å². The number of amides is 1. The number of hydrogen-bond acceptors (Lipinski definition) is 8. The molecule has 4 atom stereocenters. The molecule has 10 heteroatoms. The summed E-state index contributed by atoms with van der Waals surface area (Å²) >= 11 is 1.53. The molecule has 9 nitrogen and oxygen atoms in total. The third-order valence-corrected chi connectivity index (χ3v) is 7.63. The van der Waals surface area contributed by atoms with Crippen LogP contribution < -0.4 is 5.32 Å². The zero-order chi connectivity index (χ0) is 26.5. The monoisotopic (exact) mass is 531 g/mol. The van der Waals surface area contributed by atoms with E-state index in [-0.39, 0.29) is 30.6 Å². The third-order valence-electron chi connectivity index (χ3n) is 6.53. The zero-order valence-corrected chi connectivity index (χ0v) is 21.9. The second-order valence-electron chi connectivity index (χ2n) is 9.16. The van der Waals surface area contributed by atoms with Crippen LogP contribution in [0.1, 0.15) is 46.4 Å². The molecule has 196 valence electrons. The lowest BCUT2D eigenvalue weighted by Crippen LogP contribution is -2.38. The van der Waals surface area contributed by atoms with E-state index in [0.29, 0.717) is 22.2 Å². The number of aliphatic hydroxyl groups is 1. The molecule has 1 saturated heterocycles. The predicted octanol–water partition coefficient (Wildman–Crippen LogP) is 4.54. The molecule has 1 aliphatic heterocycles. The Kier molecular flexibility index (Phi) is 8.14. The van der Waals surface area contributed by atoms with Gasteiger partial charge in [-0.2, -0.15) is 0 Å². The van der Waals surface area contributed by atoms with Gasteiger partial charge in [-0.1, -0.05) is 73.3 Å². The number of carbonyl (C=O) groups is 1. The van der Waals surface area contributed by atoms with E-state index in [4.69, 9.17) is 9.47 Å². The SMILES string of the molecule is CC1C(CSc2nnnn2C)OC(c2cccc(NC(=O)c3ccccc3)c2)OC1c1ccc(CO)cc1. The molecule has 2 heterocycles. The quantitative estimate of drug-likeness (QED) is 0.319. The number of anilines is 1. The Morgan fingerprint density at radius 3 is 2.53 bits per heavy atom. The standard InChI is InChI=1S/C28H29N5O4S/c1-18-24(17-38-28-30-31-32-33(28)2)36-27(37-25(18)20-13-11-19(16-34)12-14-20)22-9-6-10-23(15-22)29-26(35)21-7-4-3-5-8-21/h3-15,18,24-25,27,34H,16-17H2,1-2H3,(H,29,35). The molecule has 1 aromatic heterocycles. The van der Waals surface area contributed by atoms with Crippen LogP contribution in [-0.4, -0.2) is 43.1 Å². The molecule has 0 bridgehead atoms. The molecule has 0 spiro atoms. The molecule has 1 fully saturated rings. The van der Waals surface area contributed by atoms with Gasteiger partial charge >= 0.3 is 0 Å². The van der Waals surface area contributed by atoms with Gasteiger partial charge in [0.05, 0.1) is 18.8 Å². The summed E-state index contributed by atoms with van der Waals surface area (Å²) < 4.78 is 14.7. The Labute approximate surface area is 225 Å². The van der Waals surface area contributed by atoms with E-state index < -0.39 is 6.29 Å². The first-order valence-corrected chi connectivity index (χ1v) is 13.3. The second-order valence-corrected chi connectivity index (χ2v) is 10.2. The normalized spacial score (nSPS) is 21.2. The summed E-state index contributed by atoms with van der Waals surface area (Å²) in [6.45, 7) is 2.09. The number of rotatable bonds is 8. The summed E-state index contributed by atoms with van der Waals surface area (Å²) in [6.07, 6.45) is -1.06. The van der Waals surface area contributed by atoms with Crippen molar-refractivity contribution in [2.75, 3.05) is 11.1 Å². The van der Waals surface area contributed by atoms with Crippen LogP contribution in [0.3, 0.4) is 0 Å². The van der Waals surface area contributed by atoms with Gasteiger partial charge in [-0.3, -0.25) is 4.79 Å². The maximum absolute atomic E-state index is 12.7. The minimum Gasteiger partial charge on any atom is -0.392 e. The fraction of sp³-hybridized carbons (Fsp3) is 0.286. The van der Waals surface area contributed by atoms with Crippen molar-refractivity contribution in [2.45, 2.75) is 37.2 Å². The summed E-state index contributed by atoms with van der Waals surface area (Å²) in [4.78, 5) is 12.7. The predicted molar refractivity (Wildman–Crippen MR) is 143 cm³/mol. The van der Waals surface area contributed by atoms with Gasteiger partial charge in [-0.05, 0) is 45.8 Å². The maximum Gasteiger partial charge on any atom is 0.255 e. The molecule has 1 aliphatic rings. The molecule has 0 saturated carbocycles. The van der Waals surface area contributed by atoms with Gasteiger partial charge in [-0.25, -0.2) is 4.68 Å². The maximum atomic E-state index is 12.7. The molecule has 5 rings (SSSR count). The van der Waals surface area contributed by atoms with Crippen LogP contribution in [0.4, 0.5) is 5.69 Å². The number of ether oxygens (including phenoxy) is 2. The number of aryl methyl sites for hydroxylation is 1. The van der Waals surface area contributed by atoms with Crippen LogP contribution in [0.25, 0.3) is 0 Å². The summed E-state index contributed by atoms with van der Waals surface area (Å²) in [7, 11) is 1.81. The highest BCUT2D eigenvalue weighted by molar-refractivity contribution is 7.99. The summed E-state index contributed by atoms with van der Waals surface area (Å²) in [5.74, 6) is 0.474. The summed E-state index contributed by atoms with van der Waals surface area (Å²) in [6, 6.07) is 24.4. The minimum atomic E-state index is -0.648. The van der Waals surface area contributed by atoms with Gasteiger partial charge in [0.15, 0.2) is 6.29 Å². The van der Waals surface area contributed by atoms with Crippen LogP contribution >= 0.6 is 11.8 Å². The second kappa shape index (κ2) is 11.9. The lowest BCUT2D eigenvalue weighted by atomic mass is 9.91. The highest BCUT2D eigenvalue weighted by atomic mass is 32.2. The van der Waals surface area contributed by atoms with Crippen molar-refractivity contribution >= 4 is 23.4 Å². The molecule has 38 heavy (non-hydrogen) atoms. The Hall–Kier alpha value is -3.57. The topological polar surface area (TPSA) is 111 Å². The van der Waals surface area contributed by atoms with Gasteiger partial charge in [0.2, 0.25) is 5.16 Å². The van der Waals surface area contributed by atoms with Gasteiger partial charge < -0.3 is 19.9 Å². The minimum absolute atomic E-state index is 0.0143. The fourth-order valence-electron chi connectivity index (χ4n) is 4.37. The first-order chi connectivity index (χ1) is 18.5.